The van der Waals surface area contributed by atoms with Gasteiger partial charge in [-0.25, -0.2) is 17.6 Å². The molecule has 14 aliphatic rings. The van der Waals surface area contributed by atoms with E-state index in [1.165, 1.54) is 56.9 Å². The fourth-order valence-electron chi connectivity index (χ4n) is 28.4. The van der Waals surface area contributed by atoms with E-state index in [2.05, 4.69) is 74.6 Å². The van der Waals surface area contributed by atoms with Crippen molar-refractivity contribution in [2.45, 2.75) is 267 Å². The van der Waals surface area contributed by atoms with Crippen molar-refractivity contribution in [3.63, 3.8) is 0 Å². The van der Waals surface area contributed by atoms with Gasteiger partial charge in [0.2, 0.25) is 17.7 Å². The van der Waals surface area contributed by atoms with E-state index in [1.807, 2.05) is 9.80 Å². The van der Waals surface area contributed by atoms with E-state index < -0.39 is 35.5 Å². The minimum Gasteiger partial charge on any atom is -0.390 e. The summed E-state index contributed by atoms with van der Waals surface area (Å²) in [5.74, 6) is 0.688. The maximum atomic E-state index is 14.0. The van der Waals surface area contributed by atoms with Crippen molar-refractivity contribution in [2.75, 3.05) is 57.8 Å². The van der Waals surface area contributed by atoms with Crippen LogP contribution in [0.25, 0.3) is 0 Å². The number of hydrogen-bond acceptors (Lipinski definition) is 12. The van der Waals surface area contributed by atoms with Gasteiger partial charge in [-0.15, -0.1) is 23.2 Å². The normalized spacial score (nSPS) is 45.8. The van der Waals surface area contributed by atoms with Gasteiger partial charge in [-0.1, -0.05) is 69.2 Å². The van der Waals surface area contributed by atoms with Gasteiger partial charge < -0.3 is 58.7 Å². The van der Waals surface area contributed by atoms with Crippen LogP contribution in [0.4, 0.5) is 17.6 Å². The topological polar surface area (TPSA) is 169 Å². The maximum absolute atomic E-state index is 14.0. The molecule has 26 atom stereocenters. The molecule has 16 rings (SSSR count). The molecule has 2 aromatic rings. The van der Waals surface area contributed by atoms with E-state index in [1.54, 1.807) is 18.7 Å². The number of ether oxygens (including phenoxy) is 6. The third-order valence-electron chi connectivity index (χ3n) is 33.0. The number of nitrogens with one attached hydrogen (secondary N) is 1. The summed E-state index contributed by atoms with van der Waals surface area (Å²) >= 11 is 9.53. The van der Waals surface area contributed by atoms with Gasteiger partial charge in [-0.05, 0) is 229 Å². The number of aliphatic hydroxyl groups is 2. The zero-order valence-corrected chi connectivity index (χ0v) is 65.6. The number of carbonyl (C=O) groups excluding carboxylic acids is 3. The second-order valence-corrected chi connectivity index (χ2v) is 38.6. The van der Waals surface area contributed by atoms with E-state index in [9.17, 15) is 42.2 Å². The number of morpholine rings is 2. The van der Waals surface area contributed by atoms with E-state index >= 15 is 0 Å². The van der Waals surface area contributed by atoms with Crippen LogP contribution in [-0.4, -0.2) is 162 Å². The predicted molar refractivity (Wildman–Crippen MR) is 388 cm³/mol. The van der Waals surface area contributed by atoms with E-state index in [0.717, 1.165) is 89.2 Å². The Hall–Kier alpha value is -3.21. The summed E-state index contributed by atoms with van der Waals surface area (Å²) < 4.78 is 94.8. The first-order valence-corrected chi connectivity index (χ1v) is 40.8. The SMILES string of the molecule is CC(=O)N(Cc1cc(F)cc(F)c1)CC1C[C@@H](C)C2C(O1)[C@H](O)[C@@]1(C)[C@@H]3CC[C@H]4C(C)(C)C(OC5CN(C(C)=O)CCO5)CC[C@@]45CC35CC[C@]21C.CC(=O)N1CCOC(OC2CC[C@]34CC35CC[C@]3(C)C6C(OC(CNCc7cc(F)cc(F)c7)C[C@H]6C)[C@H](O)[C@@]3(C)[C@@H]5CC[C@H]4C2(C)C)C1.ClCCl. The van der Waals surface area contributed by atoms with E-state index in [0.29, 0.717) is 111 Å². The monoisotopic (exact) mass is 1490 g/mol. The van der Waals surface area contributed by atoms with E-state index in [4.69, 9.17) is 51.6 Å². The highest BCUT2D eigenvalue weighted by Crippen LogP contribution is 2.91. The van der Waals surface area contributed by atoms with Crippen LogP contribution in [0.2, 0.25) is 0 Å². The molecule has 3 amide bonds. The Morgan fingerprint density at radius 1 is 0.567 bits per heavy atom. The molecule has 0 aromatic heterocycles. The lowest BCUT2D eigenvalue weighted by molar-refractivity contribution is -0.247. The van der Waals surface area contributed by atoms with Gasteiger partial charge in [-0.2, -0.15) is 0 Å². The van der Waals surface area contributed by atoms with Crippen LogP contribution in [0.3, 0.4) is 0 Å². The Morgan fingerprint density at radius 3 is 1.38 bits per heavy atom. The lowest BCUT2D eigenvalue weighted by Gasteiger charge is -2.64. The standard InChI is InChI=1S/C42H60F2N2O6.C40H58F2N2O5.CH2Cl2/c1-24-16-30(21-46(26(3)48)20-27-17-28(43)19-29(44)18-27)51-36-35(24)39(6)12-13-42-23-41(42)11-10-33(52-34-22-45(25(2)47)14-15-50-34)38(4,5)31(41)8-9-32(42)40(39,7)37(36)49;1-23-15-28(20-43-19-25-16-26(41)18-27(42)17-25)48-34-33(23)37(5)11-12-40-22-39(40)10-9-31(49-32-21-44(24(2)45)13-14-47-32)36(3,4)29(39)7-8-30(40)38(37,6)35(34)46;2-1-3/h17-19,24,30-37,49H,8-16,20-23H2,1-7H3;16-18,23,28-35,43,46H,7-15,19-22H2,1-6H3;1H2/t24-,30?,31+,32+,33?,34?,35?,36?,37+,39-,40-,41-,42?;23-,28?,29+,30+,31?,32?,33?,34?,35+,37-,38-,39-,40?;/m11./s1. The number of halogens is 6. The molecular weight excluding hydrogens is 1380 g/mol. The fourth-order valence-corrected chi connectivity index (χ4v) is 28.4. The Morgan fingerprint density at radius 2 is 0.962 bits per heavy atom. The molecule has 4 spiro atoms. The van der Waals surface area contributed by atoms with Crippen LogP contribution in [-0.2, 0) is 55.9 Å². The molecule has 4 aliphatic heterocycles. The van der Waals surface area contributed by atoms with Crippen molar-refractivity contribution < 1.29 is 70.6 Å². The number of nitrogens with zero attached hydrogens (tertiary/aromatic N) is 3. The summed E-state index contributed by atoms with van der Waals surface area (Å²) in [7, 11) is 0. The molecule has 15 nitrogen and oxygen atoms in total. The Kier molecular flexibility index (Phi) is 20.8. The third kappa shape index (κ3) is 12.2. The first kappa shape index (κ1) is 77.5. The van der Waals surface area contributed by atoms with Gasteiger partial charge in [0.25, 0.3) is 0 Å². The summed E-state index contributed by atoms with van der Waals surface area (Å²) in [6.45, 7) is 33.4. The second kappa shape index (κ2) is 27.9. The molecule has 0 bridgehead atoms. The highest BCUT2D eigenvalue weighted by Gasteiger charge is 2.87. The zero-order chi connectivity index (χ0) is 74.6. The summed E-state index contributed by atoms with van der Waals surface area (Å²) in [4.78, 5) is 42.3. The minimum atomic E-state index is -0.660. The molecule has 580 valence electrons. The van der Waals surface area contributed by atoms with Crippen molar-refractivity contribution in [1.29, 1.82) is 0 Å². The molecular formula is C83H120Cl2F4N4O11. The molecule has 12 unspecified atom stereocenters. The number of amides is 3. The number of rotatable bonds is 12. The van der Waals surface area contributed by atoms with Gasteiger partial charge in [-0.3, -0.25) is 14.4 Å². The summed E-state index contributed by atoms with van der Waals surface area (Å²) in [5.41, 5.74) is 1.35. The maximum Gasteiger partial charge on any atom is 0.219 e. The highest BCUT2D eigenvalue weighted by atomic mass is 35.5. The number of benzene rings is 2. The van der Waals surface area contributed by atoms with Crippen LogP contribution in [0.5, 0.6) is 0 Å². The Balaban J connectivity index is 0.000000169. The highest BCUT2D eigenvalue weighted by molar-refractivity contribution is 6.40. The Bertz CT molecular complexity index is 3520. The molecule has 0 radical (unpaired) electrons. The largest absolute Gasteiger partial charge is 0.390 e. The first-order chi connectivity index (χ1) is 49.0. The number of fused-ring (bicyclic) bond motifs is 8. The lowest BCUT2D eigenvalue weighted by Crippen LogP contribution is -2.60. The van der Waals surface area contributed by atoms with Gasteiger partial charge in [0, 0.05) is 83.0 Å². The molecule has 14 fully saturated rings. The van der Waals surface area contributed by atoms with Crippen molar-refractivity contribution in [2.24, 2.45) is 101 Å². The molecule has 4 saturated heterocycles. The van der Waals surface area contributed by atoms with Gasteiger partial charge >= 0.3 is 0 Å². The number of hydrogen-bond donors (Lipinski definition) is 3. The second-order valence-electron chi connectivity index (χ2n) is 37.7. The van der Waals surface area contributed by atoms with Crippen molar-refractivity contribution in [1.82, 2.24) is 20.0 Å². The molecule has 104 heavy (non-hydrogen) atoms. The molecule has 3 N–H and O–H groups in total. The fraction of sp³-hybridized carbons (Fsp3) is 0.819. The average molecular weight is 1500 g/mol. The zero-order valence-electron chi connectivity index (χ0n) is 64.1. The van der Waals surface area contributed by atoms with Gasteiger partial charge in [0.1, 0.15) is 23.3 Å². The molecule has 2 aromatic carbocycles. The molecule has 10 saturated carbocycles. The van der Waals surface area contributed by atoms with Gasteiger partial charge in [0.05, 0.1) is 80.5 Å². The number of aliphatic hydroxyl groups excluding tert-OH is 2. The molecule has 4 heterocycles. The number of carbonyl (C=O) groups is 3. The minimum absolute atomic E-state index is 0.00272. The van der Waals surface area contributed by atoms with Crippen LogP contribution >= 0.6 is 23.2 Å². The third-order valence-corrected chi connectivity index (χ3v) is 33.0. The van der Waals surface area contributed by atoms with Crippen LogP contribution in [0.15, 0.2) is 36.4 Å². The van der Waals surface area contributed by atoms with Crippen molar-refractivity contribution in [3.8, 4) is 0 Å². The predicted octanol–water partition coefficient (Wildman–Crippen LogP) is 14.6. The summed E-state index contributed by atoms with van der Waals surface area (Å²) in [6.07, 6.45) is 15.0. The van der Waals surface area contributed by atoms with E-state index in [-0.39, 0.29) is 139 Å². The lowest BCUT2D eigenvalue weighted by atomic mass is 9.41. The average Bonchev–Trinajstić information content (AvgIpc) is 1.46. The van der Waals surface area contributed by atoms with Crippen LogP contribution in [0, 0.1) is 125 Å². The van der Waals surface area contributed by atoms with Crippen LogP contribution < -0.4 is 5.32 Å². The smallest absolute Gasteiger partial charge is 0.219 e. The summed E-state index contributed by atoms with van der Waals surface area (Å²) in [6, 6.07) is 7.03. The first-order valence-electron chi connectivity index (χ1n) is 39.7. The Labute approximate surface area is 625 Å². The number of alkyl halides is 2. The van der Waals surface area contributed by atoms with Gasteiger partial charge in [0.15, 0.2) is 12.6 Å². The summed E-state index contributed by atoms with van der Waals surface area (Å²) in [5, 5.41) is 28.7. The van der Waals surface area contributed by atoms with Crippen molar-refractivity contribution in [3.05, 3.63) is 70.8 Å². The molecule has 10 aliphatic carbocycles. The molecule has 21 heteroatoms. The van der Waals surface area contributed by atoms with Crippen molar-refractivity contribution >= 4 is 40.9 Å². The quantitative estimate of drug-likeness (QED) is 0.136. The van der Waals surface area contributed by atoms with Crippen LogP contribution in [0.1, 0.15) is 204 Å².